The molecule has 1 N–H and O–H groups in total. The number of hydrogen-bond donors (Lipinski definition) is 1. The third kappa shape index (κ3) is 2.60. The number of aromatic nitrogens is 1. The van der Waals surface area contributed by atoms with Crippen LogP contribution in [-0.2, 0) is 15.6 Å². The topological polar surface area (TPSA) is 67.3 Å². The Morgan fingerprint density at radius 1 is 1.18 bits per heavy atom. The highest BCUT2D eigenvalue weighted by atomic mass is 32.2. The van der Waals surface area contributed by atoms with Crippen LogP contribution < -0.4 is 0 Å². The summed E-state index contributed by atoms with van der Waals surface area (Å²) in [5.74, 6) is -0.312. The van der Waals surface area contributed by atoms with E-state index in [1.807, 2.05) is 26.0 Å². The van der Waals surface area contributed by atoms with Crippen LogP contribution in [0.15, 0.2) is 40.6 Å². The second-order valence-electron chi connectivity index (χ2n) is 5.24. The minimum Gasteiger partial charge on any atom is -0.505 e. The molecule has 4 nitrogen and oxygen atoms in total. The number of aryl methyl sites for hydroxylation is 2. The number of pyridine rings is 1. The van der Waals surface area contributed by atoms with Gasteiger partial charge in [0.25, 0.3) is 0 Å². The number of sulfone groups is 1. The fourth-order valence-corrected chi connectivity index (χ4v) is 5.48. The van der Waals surface area contributed by atoms with Crippen molar-refractivity contribution in [3.05, 3.63) is 53.2 Å². The van der Waals surface area contributed by atoms with E-state index in [2.05, 4.69) is 4.98 Å². The second-order valence-corrected chi connectivity index (χ2v) is 8.43. The molecule has 0 fully saturated rings. The molecule has 2 aromatic heterocycles. The molecule has 0 saturated carbocycles. The highest BCUT2D eigenvalue weighted by molar-refractivity contribution is 7.93. The van der Waals surface area contributed by atoms with Gasteiger partial charge in [-0.2, -0.15) is 0 Å². The Morgan fingerprint density at radius 3 is 2.55 bits per heavy atom. The standard InChI is InChI=1S/C16H15NO3S2/c1-10-8-11(2)17-15-13(10)14(18)16(21-15)22(19,20)9-12-6-4-3-5-7-12/h3-8,18H,9H2,1-2H3. The van der Waals surface area contributed by atoms with E-state index in [4.69, 9.17) is 0 Å². The number of rotatable bonds is 3. The fraction of sp³-hybridized carbons (Fsp3) is 0.188. The van der Waals surface area contributed by atoms with Gasteiger partial charge in [-0.1, -0.05) is 41.7 Å². The third-order valence-corrected chi connectivity index (χ3v) is 6.76. The number of thiophene rings is 1. The quantitative estimate of drug-likeness (QED) is 0.795. The van der Waals surface area contributed by atoms with E-state index in [9.17, 15) is 13.5 Å². The molecule has 0 spiro atoms. The maximum atomic E-state index is 12.6. The summed E-state index contributed by atoms with van der Waals surface area (Å²) in [6, 6.07) is 10.8. The molecule has 0 radical (unpaired) electrons. The van der Waals surface area contributed by atoms with Gasteiger partial charge in [0, 0.05) is 5.69 Å². The van der Waals surface area contributed by atoms with Gasteiger partial charge in [0.05, 0.1) is 11.1 Å². The zero-order valence-electron chi connectivity index (χ0n) is 12.2. The summed E-state index contributed by atoms with van der Waals surface area (Å²) < 4.78 is 25.2. The zero-order chi connectivity index (χ0) is 15.9. The number of fused-ring (bicyclic) bond motifs is 1. The Kier molecular flexibility index (Phi) is 3.66. The maximum absolute atomic E-state index is 12.6. The monoisotopic (exact) mass is 333 g/mol. The van der Waals surface area contributed by atoms with Gasteiger partial charge in [0.1, 0.15) is 4.83 Å². The van der Waals surface area contributed by atoms with E-state index in [-0.39, 0.29) is 15.7 Å². The normalized spacial score (nSPS) is 11.9. The van der Waals surface area contributed by atoms with Crippen LogP contribution in [0, 0.1) is 13.8 Å². The van der Waals surface area contributed by atoms with Crippen LogP contribution in [0.5, 0.6) is 5.75 Å². The summed E-state index contributed by atoms with van der Waals surface area (Å²) in [6.07, 6.45) is 0. The Bertz CT molecular complexity index is 944. The van der Waals surface area contributed by atoms with Crippen LogP contribution in [0.2, 0.25) is 0 Å². The van der Waals surface area contributed by atoms with Gasteiger partial charge in [0.2, 0.25) is 0 Å². The predicted octanol–water partition coefficient (Wildman–Crippen LogP) is 3.59. The van der Waals surface area contributed by atoms with Gasteiger partial charge in [0.15, 0.2) is 19.8 Å². The summed E-state index contributed by atoms with van der Waals surface area (Å²) in [5.41, 5.74) is 2.33. The molecule has 0 aliphatic carbocycles. The summed E-state index contributed by atoms with van der Waals surface area (Å²) in [5, 5.41) is 10.9. The molecule has 2 heterocycles. The van der Waals surface area contributed by atoms with Gasteiger partial charge in [-0.05, 0) is 31.0 Å². The summed E-state index contributed by atoms with van der Waals surface area (Å²) in [7, 11) is -3.61. The molecule has 3 rings (SSSR count). The Labute approximate surface area is 133 Å². The molecule has 0 atom stereocenters. The lowest BCUT2D eigenvalue weighted by molar-refractivity contribution is 0.469. The first kappa shape index (κ1) is 15.0. The summed E-state index contributed by atoms with van der Waals surface area (Å²) in [4.78, 5) is 4.89. The highest BCUT2D eigenvalue weighted by Gasteiger charge is 2.26. The van der Waals surface area contributed by atoms with Crippen LogP contribution in [0.25, 0.3) is 10.2 Å². The number of aromatic hydroxyl groups is 1. The molecule has 114 valence electrons. The minimum absolute atomic E-state index is 0.00690. The SMILES string of the molecule is Cc1cc(C)c2c(O)c(S(=O)(=O)Cc3ccccc3)sc2n1. The van der Waals surface area contributed by atoms with Crippen molar-refractivity contribution in [3.8, 4) is 5.75 Å². The van der Waals surface area contributed by atoms with Crippen molar-refractivity contribution < 1.29 is 13.5 Å². The van der Waals surface area contributed by atoms with Gasteiger partial charge >= 0.3 is 0 Å². The van der Waals surface area contributed by atoms with Crippen LogP contribution in [0.4, 0.5) is 0 Å². The van der Waals surface area contributed by atoms with E-state index in [0.29, 0.717) is 15.8 Å². The first-order valence-corrected chi connectivity index (χ1v) is 9.22. The molecule has 22 heavy (non-hydrogen) atoms. The minimum atomic E-state index is -3.61. The first-order valence-electron chi connectivity index (χ1n) is 6.75. The highest BCUT2D eigenvalue weighted by Crippen LogP contribution is 2.41. The molecule has 0 unspecified atom stereocenters. The summed E-state index contributed by atoms with van der Waals surface area (Å²) in [6.45, 7) is 3.69. The smallest absolute Gasteiger partial charge is 0.195 e. The summed E-state index contributed by atoms with van der Waals surface area (Å²) >= 11 is 1.03. The van der Waals surface area contributed by atoms with Crippen molar-refractivity contribution in [3.63, 3.8) is 0 Å². The molecule has 0 aliphatic heterocycles. The van der Waals surface area contributed by atoms with Crippen molar-refractivity contribution in [2.45, 2.75) is 23.8 Å². The van der Waals surface area contributed by atoms with Crippen LogP contribution in [0.3, 0.4) is 0 Å². The van der Waals surface area contributed by atoms with Crippen molar-refractivity contribution >= 4 is 31.4 Å². The van der Waals surface area contributed by atoms with Gasteiger partial charge < -0.3 is 5.11 Å². The molecule has 0 amide bonds. The predicted molar refractivity (Wildman–Crippen MR) is 88.1 cm³/mol. The van der Waals surface area contributed by atoms with E-state index < -0.39 is 9.84 Å². The average Bonchev–Trinajstić information content (AvgIpc) is 2.77. The molecule has 0 bridgehead atoms. The van der Waals surface area contributed by atoms with Crippen LogP contribution >= 0.6 is 11.3 Å². The zero-order valence-corrected chi connectivity index (χ0v) is 13.8. The fourth-order valence-electron chi connectivity index (χ4n) is 2.47. The molecule has 1 aromatic carbocycles. The van der Waals surface area contributed by atoms with Crippen molar-refractivity contribution in [2.75, 3.05) is 0 Å². The van der Waals surface area contributed by atoms with Crippen LogP contribution in [-0.4, -0.2) is 18.5 Å². The van der Waals surface area contributed by atoms with E-state index in [0.717, 1.165) is 22.6 Å². The largest absolute Gasteiger partial charge is 0.505 e. The molecular formula is C16H15NO3S2. The third-order valence-electron chi connectivity index (χ3n) is 3.41. The average molecular weight is 333 g/mol. The van der Waals surface area contributed by atoms with Gasteiger partial charge in [-0.25, -0.2) is 13.4 Å². The van der Waals surface area contributed by atoms with Crippen molar-refractivity contribution in [1.29, 1.82) is 0 Å². The first-order chi connectivity index (χ1) is 10.4. The lowest BCUT2D eigenvalue weighted by atomic mass is 10.2. The molecule has 0 aliphatic rings. The molecule has 0 saturated heterocycles. The number of nitrogens with zero attached hydrogens (tertiary/aromatic N) is 1. The Morgan fingerprint density at radius 2 is 1.86 bits per heavy atom. The van der Waals surface area contributed by atoms with Gasteiger partial charge in [-0.3, -0.25) is 0 Å². The second kappa shape index (κ2) is 5.37. The van der Waals surface area contributed by atoms with Crippen molar-refractivity contribution in [2.24, 2.45) is 0 Å². The number of hydrogen-bond acceptors (Lipinski definition) is 5. The van der Waals surface area contributed by atoms with E-state index in [1.165, 1.54) is 0 Å². The lowest BCUT2D eigenvalue weighted by Gasteiger charge is -2.03. The number of benzene rings is 1. The maximum Gasteiger partial charge on any atom is 0.195 e. The van der Waals surface area contributed by atoms with E-state index in [1.54, 1.807) is 24.3 Å². The lowest BCUT2D eigenvalue weighted by Crippen LogP contribution is -2.03. The molecule has 3 aromatic rings. The molecular weight excluding hydrogens is 318 g/mol. The molecule has 6 heteroatoms. The Hall–Kier alpha value is -1.92. The Balaban J connectivity index is 2.13. The van der Waals surface area contributed by atoms with Crippen LogP contribution in [0.1, 0.15) is 16.8 Å². The van der Waals surface area contributed by atoms with Gasteiger partial charge in [-0.15, -0.1) is 0 Å². The van der Waals surface area contributed by atoms with E-state index >= 15 is 0 Å². The van der Waals surface area contributed by atoms with Crippen molar-refractivity contribution in [1.82, 2.24) is 4.98 Å².